The van der Waals surface area contributed by atoms with Crippen molar-refractivity contribution in [3.8, 4) is 0 Å². The molecule has 48 heavy (non-hydrogen) atoms. The largest absolute Gasteiger partial charge is 0.445 e. The highest BCUT2D eigenvalue weighted by Crippen LogP contribution is 2.20. The molecule has 3 aromatic carbocycles. The lowest BCUT2D eigenvalue weighted by Gasteiger charge is -2.38. The Hall–Kier alpha value is -5.19. The lowest BCUT2D eigenvalue weighted by atomic mass is 10.00. The van der Waals surface area contributed by atoms with Gasteiger partial charge in [0.25, 0.3) is 5.91 Å². The van der Waals surface area contributed by atoms with E-state index in [2.05, 4.69) is 22.5 Å². The second kappa shape index (κ2) is 17.7. The van der Waals surface area contributed by atoms with Gasteiger partial charge in [0.15, 0.2) is 0 Å². The van der Waals surface area contributed by atoms with Gasteiger partial charge >= 0.3 is 6.09 Å². The first-order valence-electron chi connectivity index (χ1n) is 16.4. The molecule has 0 aromatic heterocycles. The fourth-order valence-corrected chi connectivity index (χ4v) is 5.64. The SMILES string of the molecule is C=CC(=O)NCCCC[C@H](NC(=O)OCc1ccccc1)C(=O)N1CCN(C(=O)[C@@H](NC(=O)c2cccc3ccccc23)C(C)C)CC1. The van der Waals surface area contributed by atoms with E-state index >= 15 is 0 Å². The number of carbonyl (C=O) groups is 5. The fourth-order valence-electron chi connectivity index (χ4n) is 5.64. The van der Waals surface area contributed by atoms with Crippen LogP contribution in [0.15, 0.2) is 85.5 Å². The normalized spacial score (nSPS) is 14.1. The third-order valence-corrected chi connectivity index (χ3v) is 8.36. The zero-order valence-electron chi connectivity index (χ0n) is 27.7. The van der Waals surface area contributed by atoms with E-state index in [0.717, 1.165) is 16.3 Å². The summed E-state index contributed by atoms with van der Waals surface area (Å²) < 4.78 is 5.38. The number of nitrogens with one attached hydrogen (secondary N) is 3. The highest BCUT2D eigenvalue weighted by Gasteiger charge is 2.34. The van der Waals surface area contributed by atoms with Gasteiger partial charge in [0.2, 0.25) is 17.7 Å². The summed E-state index contributed by atoms with van der Waals surface area (Å²) in [6.07, 6.45) is 2.01. The molecule has 0 saturated carbocycles. The van der Waals surface area contributed by atoms with Crippen molar-refractivity contribution in [1.29, 1.82) is 0 Å². The van der Waals surface area contributed by atoms with Gasteiger partial charge in [-0.15, -0.1) is 0 Å². The van der Waals surface area contributed by atoms with Crippen molar-refractivity contribution >= 4 is 40.5 Å². The van der Waals surface area contributed by atoms with Gasteiger partial charge in [-0.1, -0.05) is 87.2 Å². The lowest BCUT2D eigenvalue weighted by Crippen LogP contribution is -2.59. The number of ether oxygens (including phenoxy) is 1. The molecule has 3 N–H and O–H groups in total. The van der Waals surface area contributed by atoms with Crippen molar-refractivity contribution < 1.29 is 28.7 Å². The Kier molecular flexibility index (Phi) is 13.1. The number of alkyl carbamates (subject to hydrolysis) is 1. The van der Waals surface area contributed by atoms with Crippen molar-refractivity contribution in [2.75, 3.05) is 32.7 Å². The highest BCUT2D eigenvalue weighted by molar-refractivity contribution is 6.08. The maximum Gasteiger partial charge on any atom is 0.408 e. The Morgan fingerprint density at radius 3 is 2.15 bits per heavy atom. The van der Waals surface area contributed by atoms with Crippen LogP contribution >= 0.6 is 0 Å². The molecule has 11 heteroatoms. The van der Waals surface area contributed by atoms with E-state index in [1.165, 1.54) is 6.08 Å². The molecule has 1 saturated heterocycles. The first-order valence-corrected chi connectivity index (χ1v) is 16.4. The van der Waals surface area contributed by atoms with Crippen LogP contribution in [0.4, 0.5) is 4.79 Å². The molecule has 254 valence electrons. The number of hydrogen-bond acceptors (Lipinski definition) is 6. The molecule has 1 aliphatic heterocycles. The van der Waals surface area contributed by atoms with E-state index in [1.54, 1.807) is 15.9 Å². The summed E-state index contributed by atoms with van der Waals surface area (Å²) in [5.41, 5.74) is 1.33. The number of benzene rings is 3. The van der Waals surface area contributed by atoms with Crippen LogP contribution in [0.2, 0.25) is 0 Å². The van der Waals surface area contributed by atoms with Crippen LogP contribution in [-0.2, 0) is 25.7 Å². The lowest BCUT2D eigenvalue weighted by molar-refractivity contribution is -0.142. The van der Waals surface area contributed by atoms with Crippen LogP contribution in [0, 0.1) is 5.92 Å². The minimum Gasteiger partial charge on any atom is -0.445 e. The predicted molar refractivity (Wildman–Crippen MR) is 184 cm³/mol. The molecule has 11 nitrogen and oxygen atoms in total. The second-order valence-electron chi connectivity index (χ2n) is 12.1. The summed E-state index contributed by atoms with van der Waals surface area (Å²) in [7, 11) is 0. The standard InChI is InChI=1S/C37H45N5O6/c1-4-32(43)38-20-11-10-19-31(39-37(47)48-25-27-13-6-5-7-14-27)35(45)41-21-23-42(24-22-41)36(46)33(26(2)3)40-34(44)30-18-12-16-28-15-8-9-17-29(28)30/h4-9,12-18,26,31,33H,1,10-11,19-25H2,2-3H3,(H,38,43)(H,39,47)(H,40,44)/t31-,33-/m0/s1. The van der Waals surface area contributed by atoms with E-state index in [9.17, 15) is 24.0 Å². The average Bonchev–Trinajstić information content (AvgIpc) is 3.11. The van der Waals surface area contributed by atoms with Crippen LogP contribution in [0.25, 0.3) is 10.8 Å². The Bertz CT molecular complexity index is 1580. The Morgan fingerprint density at radius 1 is 0.812 bits per heavy atom. The molecule has 0 unspecified atom stereocenters. The van der Waals surface area contributed by atoms with Crippen molar-refractivity contribution in [2.24, 2.45) is 5.92 Å². The number of nitrogens with zero attached hydrogens (tertiary/aromatic N) is 2. The van der Waals surface area contributed by atoms with E-state index in [-0.39, 0.29) is 62.3 Å². The monoisotopic (exact) mass is 655 g/mol. The molecule has 3 aromatic rings. The van der Waals surface area contributed by atoms with Crippen LogP contribution < -0.4 is 16.0 Å². The van der Waals surface area contributed by atoms with Gasteiger partial charge in [-0.2, -0.15) is 0 Å². The maximum atomic E-state index is 13.7. The molecule has 4 rings (SSSR count). The topological polar surface area (TPSA) is 137 Å². The quantitative estimate of drug-likeness (QED) is 0.177. The van der Waals surface area contributed by atoms with Crippen molar-refractivity contribution in [1.82, 2.24) is 25.8 Å². The van der Waals surface area contributed by atoms with Crippen LogP contribution in [0.3, 0.4) is 0 Å². The van der Waals surface area contributed by atoms with Crippen LogP contribution in [0.1, 0.15) is 49.0 Å². The minimum absolute atomic E-state index is 0.0655. The average molecular weight is 656 g/mol. The molecule has 2 atom stereocenters. The van der Waals surface area contributed by atoms with Crippen molar-refractivity contribution in [3.05, 3.63) is 96.6 Å². The molecule has 0 radical (unpaired) electrons. The van der Waals surface area contributed by atoms with Crippen LogP contribution in [0.5, 0.6) is 0 Å². The number of rotatable bonds is 14. The van der Waals surface area contributed by atoms with Crippen molar-refractivity contribution in [2.45, 2.75) is 51.8 Å². The Morgan fingerprint density at radius 2 is 1.46 bits per heavy atom. The summed E-state index contributed by atoms with van der Waals surface area (Å²) in [5, 5.41) is 10.2. The molecular formula is C37H45N5O6. The van der Waals surface area contributed by atoms with Gasteiger partial charge < -0.3 is 30.5 Å². The smallest absolute Gasteiger partial charge is 0.408 e. The van der Waals surface area contributed by atoms with Gasteiger partial charge in [-0.05, 0) is 53.7 Å². The van der Waals surface area contributed by atoms with Gasteiger partial charge in [0, 0.05) is 38.3 Å². The number of carbonyl (C=O) groups excluding carboxylic acids is 5. The van der Waals surface area contributed by atoms with Crippen LogP contribution in [-0.4, -0.2) is 84.3 Å². The molecule has 1 aliphatic rings. The summed E-state index contributed by atoms with van der Waals surface area (Å²) >= 11 is 0. The van der Waals surface area contributed by atoms with E-state index in [1.807, 2.05) is 80.6 Å². The van der Waals surface area contributed by atoms with E-state index < -0.39 is 18.2 Å². The van der Waals surface area contributed by atoms with E-state index in [0.29, 0.717) is 31.4 Å². The van der Waals surface area contributed by atoms with Gasteiger partial charge in [0.05, 0.1) is 0 Å². The first-order chi connectivity index (χ1) is 23.2. The van der Waals surface area contributed by atoms with Crippen molar-refractivity contribution in [3.63, 3.8) is 0 Å². The highest BCUT2D eigenvalue weighted by atomic mass is 16.5. The number of unbranched alkanes of at least 4 members (excludes halogenated alkanes) is 1. The molecule has 1 fully saturated rings. The zero-order chi connectivity index (χ0) is 34.5. The minimum atomic E-state index is -0.839. The Balaban J connectivity index is 1.35. The third-order valence-electron chi connectivity index (χ3n) is 8.36. The fraction of sp³-hybridized carbons (Fsp3) is 0.378. The number of fused-ring (bicyclic) bond motifs is 1. The van der Waals surface area contributed by atoms with Gasteiger partial charge in [-0.25, -0.2) is 4.79 Å². The number of hydrogen-bond donors (Lipinski definition) is 3. The molecule has 0 spiro atoms. The third kappa shape index (κ3) is 9.90. The zero-order valence-corrected chi connectivity index (χ0v) is 27.7. The summed E-state index contributed by atoms with van der Waals surface area (Å²) in [5.74, 6) is -1.22. The molecule has 1 heterocycles. The second-order valence-corrected chi connectivity index (χ2v) is 12.1. The van der Waals surface area contributed by atoms with E-state index in [4.69, 9.17) is 4.74 Å². The summed E-state index contributed by atoms with van der Waals surface area (Å²) in [4.78, 5) is 68.2. The number of piperazine rings is 1. The summed E-state index contributed by atoms with van der Waals surface area (Å²) in [6, 6.07) is 20.8. The molecule has 0 aliphatic carbocycles. The molecule has 0 bridgehead atoms. The first kappa shape index (κ1) is 35.7. The summed E-state index contributed by atoms with van der Waals surface area (Å²) in [6.45, 7) is 8.83. The number of amides is 5. The van der Waals surface area contributed by atoms with Gasteiger partial charge in [0.1, 0.15) is 18.7 Å². The van der Waals surface area contributed by atoms with Gasteiger partial charge in [-0.3, -0.25) is 19.2 Å². The molecular weight excluding hydrogens is 610 g/mol. The Labute approximate surface area is 281 Å². The maximum absolute atomic E-state index is 13.7. The predicted octanol–water partition coefficient (Wildman–Crippen LogP) is 4.03. The molecule has 5 amide bonds.